The minimum atomic E-state index is -3.95. The molecule has 0 bridgehead atoms. The lowest BCUT2D eigenvalue weighted by molar-refractivity contribution is -0.145. The largest absolute Gasteiger partial charge is 0.458 e. The summed E-state index contributed by atoms with van der Waals surface area (Å²) >= 11 is 1.24. The number of carbonyl (C=O) groups excluding carboxylic acids is 2. The van der Waals surface area contributed by atoms with Crippen LogP contribution in [0.3, 0.4) is 0 Å². The molecule has 0 saturated carbocycles. The van der Waals surface area contributed by atoms with E-state index < -0.39 is 28.4 Å². The van der Waals surface area contributed by atoms with Crippen molar-refractivity contribution in [2.45, 2.75) is 25.3 Å². The highest BCUT2D eigenvalue weighted by Gasteiger charge is 2.24. The van der Waals surface area contributed by atoms with Crippen molar-refractivity contribution >= 4 is 38.4 Å². The highest BCUT2D eigenvalue weighted by molar-refractivity contribution is 7.89. The molecule has 0 aliphatic rings. The first kappa shape index (κ1) is 21.9. The molecule has 0 aliphatic heterocycles. The lowest BCUT2D eigenvalue weighted by Crippen LogP contribution is -2.33. The molecule has 0 spiro atoms. The molecule has 1 aromatic heterocycles. The lowest BCUT2D eigenvalue weighted by Gasteiger charge is -2.16. The molecular formula is C17H20FN3O5S2. The molecule has 1 aromatic carbocycles. The molecule has 1 amide bonds. The summed E-state index contributed by atoms with van der Waals surface area (Å²) in [6, 6.07) is 4.30. The van der Waals surface area contributed by atoms with Crippen molar-refractivity contribution in [1.29, 1.82) is 0 Å². The van der Waals surface area contributed by atoms with Gasteiger partial charge in [0, 0.05) is 25.9 Å². The third kappa shape index (κ3) is 5.33. The fourth-order valence-electron chi connectivity index (χ4n) is 2.23. The Kier molecular flexibility index (Phi) is 7.22. The average molecular weight is 429 g/mol. The Hall–Kier alpha value is -2.37. The number of ether oxygens (including phenoxy) is 1. The van der Waals surface area contributed by atoms with Crippen molar-refractivity contribution in [2.75, 3.05) is 25.0 Å². The van der Waals surface area contributed by atoms with Gasteiger partial charge in [-0.2, -0.15) is 4.31 Å². The molecule has 0 N–H and O–H groups in total. The van der Waals surface area contributed by atoms with Gasteiger partial charge in [0.05, 0.1) is 10.6 Å². The molecule has 2 rings (SSSR count). The first-order valence-electron chi connectivity index (χ1n) is 8.25. The van der Waals surface area contributed by atoms with Gasteiger partial charge in [0.2, 0.25) is 15.9 Å². The maximum absolute atomic E-state index is 13.0. The summed E-state index contributed by atoms with van der Waals surface area (Å²) in [6.45, 7) is 3.07. The summed E-state index contributed by atoms with van der Waals surface area (Å²) in [5, 5.41) is 2.16. The number of anilines is 1. The monoisotopic (exact) mass is 429 g/mol. The maximum Gasteiger partial charge on any atom is 0.321 e. The van der Waals surface area contributed by atoms with Crippen LogP contribution in [0, 0.1) is 5.82 Å². The van der Waals surface area contributed by atoms with Gasteiger partial charge in [-0.05, 0) is 31.2 Å². The van der Waals surface area contributed by atoms with Gasteiger partial charge >= 0.3 is 5.97 Å². The number of benzene rings is 1. The molecule has 0 radical (unpaired) electrons. The lowest BCUT2D eigenvalue weighted by atomic mass is 10.4. The molecule has 0 fully saturated rings. The number of aromatic nitrogens is 1. The van der Waals surface area contributed by atoms with Crippen LogP contribution < -0.4 is 4.90 Å². The predicted molar refractivity (Wildman–Crippen MR) is 102 cm³/mol. The number of halogens is 1. The van der Waals surface area contributed by atoms with Gasteiger partial charge in [-0.15, -0.1) is 11.3 Å². The number of rotatable bonds is 8. The first-order valence-corrected chi connectivity index (χ1v) is 10.6. The van der Waals surface area contributed by atoms with Crippen molar-refractivity contribution in [1.82, 2.24) is 9.29 Å². The summed E-state index contributed by atoms with van der Waals surface area (Å²) in [5.74, 6) is -1.47. The molecule has 8 nitrogen and oxygen atoms in total. The van der Waals surface area contributed by atoms with E-state index in [-0.39, 0.29) is 17.4 Å². The second-order valence-corrected chi connectivity index (χ2v) is 8.64. The number of hydrogen-bond donors (Lipinski definition) is 0. The fraction of sp³-hybridized carbons (Fsp3) is 0.353. The number of carbonyl (C=O) groups is 2. The second-order valence-electron chi connectivity index (χ2n) is 5.76. The topological polar surface area (TPSA) is 96.9 Å². The zero-order chi connectivity index (χ0) is 20.9. The van der Waals surface area contributed by atoms with Crippen molar-refractivity contribution in [3.05, 3.63) is 41.2 Å². The molecule has 11 heteroatoms. The van der Waals surface area contributed by atoms with Crippen LogP contribution in [0.4, 0.5) is 9.52 Å². The molecule has 0 atom stereocenters. The minimum absolute atomic E-state index is 0.128. The van der Waals surface area contributed by atoms with Gasteiger partial charge in [0.1, 0.15) is 19.0 Å². The van der Waals surface area contributed by atoms with Gasteiger partial charge in [0.25, 0.3) is 0 Å². The number of hydrogen-bond acceptors (Lipinski definition) is 7. The minimum Gasteiger partial charge on any atom is -0.458 e. The summed E-state index contributed by atoms with van der Waals surface area (Å²) in [7, 11) is -2.72. The standard InChI is InChI=1S/C17H20FN3O5S2/c1-4-21(12(2)22)17-19-14(11-27-17)10-26-16(23)9-20(3)28(24,25)15-7-5-13(18)6-8-15/h5-8,11H,4,9-10H2,1-3H3. The first-order chi connectivity index (χ1) is 13.1. The molecular weight excluding hydrogens is 409 g/mol. The van der Waals surface area contributed by atoms with Crippen molar-refractivity contribution in [3.63, 3.8) is 0 Å². The highest BCUT2D eigenvalue weighted by atomic mass is 32.2. The highest BCUT2D eigenvalue weighted by Crippen LogP contribution is 2.21. The van der Waals surface area contributed by atoms with E-state index in [1.807, 2.05) is 6.92 Å². The van der Waals surface area contributed by atoms with Gasteiger partial charge in [-0.1, -0.05) is 0 Å². The molecule has 0 saturated heterocycles. The van der Waals surface area contributed by atoms with E-state index in [0.717, 1.165) is 28.6 Å². The summed E-state index contributed by atoms with van der Waals surface area (Å²) in [5.41, 5.74) is 0.456. The summed E-state index contributed by atoms with van der Waals surface area (Å²) in [4.78, 5) is 29.1. The SMILES string of the molecule is CCN(C(C)=O)c1nc(COC(=O)CN(C)S(=O)(=O)c2ccc(F)cc2)cs1. The van der Waals surface area contributed by atoms with Crippen LogP contribution in [0.15, 0.2) is 34.5 Å². The predicted octanol–water partition coefficient (Wildman–Crippen LogP) is 2.02. The fourth-order valence-corrected chi connectivity index (χ4v) is 4.26. The molecule has 0 unspecified atom stereocenters. The van der Waals surface area contributed by atoms with Gasteiger partial charge < -0.3 is 4.74 Å². The summed E-state index contributed by atoms with van der Waals surface area (Å²) in [6.07, 6.45) is 0. The van der Waals surface area contributed by atoms with Crippen LogP contribution in [-0.4, -0.2) is 49.7 Å². The van der Waals surface area contributed by atoms with E-state index >= 15 is 0 Å². The molecule has 0 aliphatic carbocycles. The molecule has 28 heavy (non-hydrogen) atoms. The Morgan fingerprint density at radius 3 is 2.46 bits per heavy atom. The van der Waals surface area contributed by atoms with Crippen molar-refractivity contribution in [3.8, 4) is 0 Å². The number of esters is 1. The molecule has 152 valence electrons. The Morgan fingerprint density at radius 1 is 1.25 bits per heavy atom. The Bertz CT molecular complexity index is 944. The Balaban J connectivity index is 1.94. The Labute approximate surface area is 166 Å². The maximum atomic E-state index is 13.0. The van der Waals surface area contributed by atoms with Gasteiger partial charge in [0.15, 0.2) is 5.13 Å². The van der Waals surface area contributed by atoms with Crippen LogP contribution in [0.2, 0.25) is 0 Å². The summed E-state index contributed by atoms with van der Waals surface area (Å²) < 4.78 is 43.6. The zero-order valence-corrected chi connectivity index (χ0v) is 17.2. The van der Waals surface area contributed by atoms with Crippen LogP contribution in [0.1, 0.15) is 19.5 Å². The van der Waals surface area contributed by atoms with E-state index in [1.165, 1.54) is 30.2 Å². The number of sulfonamides is 1. The number of amides is 1. The van der Waals surface area contributed by atoms with E-state index in [9.17, 15) is 22.4 Å². The van der Waals surface area contributed by atoms with E-state index in [4.69, 9.17) is 4.74 Å². The van der Waals surface area contributed by atoms with Crippen LogP contribution in [-0.2, 0) is 31.0 Å². The van der Waals surface area contributed by atoms with Gasteiger partial charge in [-0.3, -0.25) is 14.5 Å². The number of likely N-dealkylation sites (N-methyl/N-ethyl adjacent to an activating group) is 1. The van der Waals surface area contributed by atoms with Gasteiger partial charge in [-0.25, -0.2) is 17.8 Å². The van der Waals surface area contributed by atoms with E-state index in [2.05, 4.69) is 4.98 Å². The number of nitrogens with zero attached hydrogens (tertiary/aromatic N) is 3. The third-order valence-electron chi connectivity index (χ3n) is 3.72. The molecule has 2 aromatic rings. The molecule has 1 heterocycles. The Morgan fingerprint density at radius 2 is 1.89 bits per heavy atom. The van der Waals surface area contributed by atoms with Crippen LogP contribution in [0.5, 0.6) is 0 Å². The normalized spacial score (nSPS) is 11.5. The van der Waals surface area contributed by atoms with Crippen molar-refractivity contribution in [2.24, 2.45) is 0 Å². The zero-order valence-electron chi connectivity index (χ0n) is 15.6. The second kappa shape index (κ2) is 9.22. The van der Waals surface area contributed by atoms with E-state index in [0.29, 0.717) is 17.4 Å². The number of thiazole rings is 1. The smallest absolute Gasteiger partial charge is 0.321 e. The third-order valence-corrected chi connectivity index (χ3v) is 6.45. The van der Waals surface area contributed by atoms with Crippen molar-refractivity contribution < 1.29 is 27.1 Å². The van der Waals surface area contributed by atoms with Crippen LogP contribution in [0.25, 0.3) is 0 Å². The van der Waals surface area contributed by atoms with E-state index in [1.54, 1.807) is 5.38 Å². The quantitative estimate of drug-likeness (QED) is 0.596. The van der Waals surface area contributed by atoms with Crippen LogP contribution >= 0.6 is 11.3 Å². The average Bonchev–Trinajstić information content (AvgIpc) is 3.09.